The molecule has 1 aromatic carbocycles. The maximum atomic E-state index is 9.66. The summed E-state index contributed by atoms with van der Waals surface area (Å²) in [5.41, 5.74) is 1.68. The molecule has 0 saturated carbocycles. The first-order valence-electron chi connectivity index (χ1n) is 5.68. The highest BCUT2D eigenvalue weighted by atomic mass is 16.5. The zero-order valence-corrected chi connectivity index (χ0v) is 9.52. The van der Waals surface area contributed by atoms with Gasteiger partial charge in [-0.25, -0.2) is 0 Å². The largest absolute Gasteiger partial charge is 0.507 e. The molecule has 1 unspecified atom stereocenters. The van der Waals surface area contributed by atoms with E-state index in [-0.39, 0.29) is 11.9 Å². The van der Waals surface area contributed by atoms with E-state index in [9.17, 15) is 5.11 Å². The third-order valence-corrected chi connectivity index (χ3v) is 2.85. The molecule has 1 aliphatic rings. The molecule has 1 aromatic rings. The third kappa shape index (κ3) is 2.61. The van der Waals surface area contributed by atoms with Crippen molar-refractivity contribution in [3.8, 4) is 5.75 Å². The Morgan fingerprint density at radius 2 is 2.31 bits per heavy atom. The number of nitrogens with zero attached hydrogens (tertiary/aromatic N) is 1. The second kappa shape index (κ2) is 5.12. The molecule has 2 rings (SSSR count). The lowest BCUT2D eigenvalue weighted by atomic mass is 10.1. The summed E-state index contributed by atoms with van der Waals surface area (Å²) < 4.78 is 5.50. The van der Waals surface area contributed by atoms with E-state index in [2.05, 4.69) is 4.99 Å². The number of aromatic hydroxyl groups is 1. The van der Waals surface area contributed by atoms with Crippen LogP contribution in [0.4, 0.5) is 0 Å². The Balaban J connectivity index is 2.03. The van der Waals surface area contributed by atoms with E-state index in [1.54, 1.807) is 6.07 Å². The van der Waals surface area contributed by atoms with E-state index in [4.69, 9.17) is 4.74 Å². The first-order valence-corrected chi connectivity index (χ1v) is 5.68. The van der Waals surface area contributed by atoms with Gasteiger partial charge in [-0.2, -0.15) is 0 Å². The normalized spacial score (nSPS) is 21.3. The SMILES string of the molecule is C/C(=N\CC1CCCO1)c1ccccc1O. The van der Waals surface area contributed by atoms with Gasteiger partial charge in [-0.1, -0.05) is 12.1 Å². The van der Waals surface area contributed by atoms with Crippen molar-refractivity contribution in [1.29, 1.82) is 0 Å². The summed E-state index contributed by atoms with van der Waals surface area (Å²) in [6, 6.07) is 7.27. The van der Waals surface area contributed by atoms with Crippen molar-refractivity contribution in [3.63, 3.8) is 0 Å². The van der Waals surface area contributed by atoms with E-state index < -0.39 is 0 Å². The molecular weight excluding hydrogens is 202 g/mol. The molecule has 1 N–H and O–H groups in total. The maximum absolute atomic E-state index is 9.66. The van der Waals surface area contributed by atoms with Crippen molar-refractivity contribution in [1.82, 2.24) is 0 Å². The lowest BCUT2D eigenvalue weighted by Crippen LogP contribution is -2.10. The molecule has 0 amide bonds. The van der Waals surface area contributed by atoms with Gasteiger partial charge in [-0.05, 0) is 31.9 Å². The number of hydrogen-bond acceptors (Lipinski definition) is 3. The summed E-state index contributed by atoms with van der Waals surface area (Å²) in [7, 11) is 0. The van der Waals surface area contributed by atoms with E-state index in [1.807, 2.05) is 25.1 Å². The lowest BCUT2D eigenvalue weighted by molar-refractivity contribution is 0.118. The molecule has 1 heterocycles. The molecule has 1 saturated heterocycles. The van der Waals surface area contributed by atoms with Crippen molar-refractivity contribution in [2.24, 2.45) is 4.99 Å². The highest BCUT2D eigenvalue weighted by Gasteiger charge is 2.14. The van der Waals surface area contributed by atoms with E-state index in [1.165, 1.54) is 0 Å². The van der Waals surface area contributed by atoms with Crippen molar-refractivity contribution in [2.45, 2.75) is 25.9 Å². The van der Waals surface area contributed by atoms with Gasteiger partial charge in [-0.3, -0.25) is 4.99 Å². The summed E-state index contributed by atoms with van der Waals surface area (Å²) in [5, 5.41) is 9.66. The van der Waals surface area contributed by atoms with Gasteiger partial charge in [0.1, 0.15) is 5.75 Å². The van der Waals surface area contributed by atoms with Crippen molar-refractivity contribution >= 4 is 5.71 Å². The number of benzene rings is 1. The van der Waals surface area contributed by atoms with Crippen molar-refractivity contribution in [3.05, 3.63) is 29.8 Å². The van der Waals surface area contributed by atoms with Crippen LogP contribution in [-0.2, 0) is 4.74 Å². The minimum Gasteiger partial charge on any atom is -0.507 e. The molecule has 86 valence electrons. The second-order valence-corrected chi connectivity index (χ2v) is 4.08. The zero-order valence-electron chi connectivity index (χ0n) is 9.52. The minimum absolute atomic E-state index is 0.265. The van der Waals surface area contributed by atoms with Gasteiger partial charge in [0.05, 0.1) is 12.6 Å². The minimum atomic E-state index is 0.265. The highest BCUT2D eigenvalue weighted by Crippen LogP contribution is 2.17. The molecule has 3 nitrogen and oxygen atoms in total. The summed E-state index contributed by atoms with van der Waals surface area (Å²) in [6.07, 6.45) is 2.49. The molecule has 1 fully saturated rings. The van der Waals surface area contributed by atoms with Gasteiger partial charge in [0, 0.05) is 17.9 Å². The number of phenols is 1. The number of para-hydroxylation sites is 1. The quantitative estimate of drug-likeness (QED) is 0.793. The zero-order chi connectivity index (χ0) is 11.4. The number of hydrogen-bond donors (Lipinski definition) is 1. The van der Waals surface area contributed by atoms with Crippen LogP contribution in [0.5, 0.6) is 5.75 Å². The first-order chi connectivity index (χ1) is 7.77. The van der Waals surface area contributed by atoms with Crippen LogP contribution in [-0.4, -0.2) is 30.1 Å². The predicted octanol–water partition coefficient (Wildman–Crippen LogP) is 2.38. The van der Waals surface area contributed by atoms with Crippen molar-refractivity contribution < 1.29 is 9.84 Å². The van der Waals surface area contributed by atoms with E-state index in [0.29, 0.717) is 6.54 Å². The topological polar surface area (TPSA) is 41.8 Å². The molecule has 1 atom stereocenters. The van der Waals surface area contributed by atoms with Gasteiger partial charge in [-0.15, -0.1) is 0 Å². The average Bonchev–Trinajstić information content (AvgIpc) is 2.79. The Morgan fingerprint density at radius 3 is 3.00 bits per heavy atom. The Labute approximate surface area is 95.8 Å². The summed E-state index contributed by atoms with van der Waals surface area (Å²) in [6.45, 7) is 3.47. The molecule has 0 bridgehead atoms. The maximum Gasteiger partial charge on any atom is 0.124 e. The Hall–Kier alpha value is -1.35. The molecular formula is C13H17NO2. The number of rotatable bonds is 3. The number of phenolic OH excluding ortho intramolecular Hbond substituents is 1. The fraction of sp³-hybridized carbons (Fsp3) is 0.462. The Kier molecular flexibility index (Phi) is 3.57. The van der Waals surface area contributed by atoms with Crippen LogP contribution in [0.25, 0.3) is 0 Å². The molecule has 0 spiro atoms. The van der Waals surface area contributed by atoms with Crippen LogP contribution in [0, 0.1) is 0 Å². The summed E-state index contributed by atoms with van der Waals surface area (Å²) in [4.78, 5) is 4.47. The van der Waals surface area contributed by atoms with Gasteiger partial charge < -0.3 is 9.84 Å². The standard InChI is InChI=1S/C13H17NO2/c1-10(12-6-2-3-7-13(12)15)14-9-11-5-4-8-16-11/h2-3,6-7,11,15H,4-5,8-9H2,1H3/b14-10+. The van der Waals surface area contributed by atoms with Crippen LogP contribution in [0.1, 0.15) is 25.3 Å². The van der Waals surface area contributed by atoms with Gasteiger partial charge in [0.25, 0.3) is 0 Å². The fourth-order valence-electron chi connectivity index (χ4n) is 1.89. The molecule has 1 aliphatic heterocycles. The predicted molar refractivity (Wildman–Crippen MR) is 64.2 cm³/mol. The van der Waals surface area contributed by atoms with Crippen LogP contribution in [0.3, 0.4) is 0 Å². The first kappa shape index (κ1) is 11.1. The number of aliphatic imine (C=N–C) groups is 1. The molecule has 0 aliphatic carbocycles. The summed E-state index contributed by atoms with van der Waals surface area (Å²) in [5.74, 6) is 0.288. The molecule has 0 aromatic heterocycles. The van der Waals surface area contributed by atoms with Crippen LogP contribution >= 0.6 is 0 Å². The Morgan fingerprint density at radius 1 is 1.50 bits per heavy atom. The smallest absolute Gasteiger partial charge is 0.124 e. The monoisotopic (exact) mass is 219 g/mol. The van der Waals surface area contributed by atoms with E-state index in [0.717, 1.165) is 30.7 Å². The van der Waals surface area contributed by atoms with E-state index >= 15 is 0 Å². The fourth-order valence-corrected chi connectivity index (χ4v) is 1.89. The highest BCUT2D eigenvalue weighted by molar-refractivity contribution is 6.00. The molecule has 3 heteroatoms. The summed E-state index contributed by atoms with van der Waals surface area (Å²) >= 11 is 0. The van der Waals surface area contributed by atoms with Crippen LogP contribution in [0.15, 0.2) is 29.3 Å². The van der Waals surface area contributed by atoms with Crippen LogP contribution in [0.2, 0.25) is 0 Å². The van der Waals surface area contributed by atoms with Gasteiger partial charge in [0.15, 0.2) is 0 Å². The van der Waals surface area contributed by atoms with Gasteiger partial charge in [0.2, 0.25) is 0 Å². The second-order valence-electron chi connectivity index (χ2n) is 4.08. The molecule has 16 heavy (non-hydrogen) atoms. The number of ether oxygens (including phenoxy) is 1. The van der Waals surface area contributed by atoms with Gasteiger partial charge >= 0.3 is 0 Å². The van der Waals surface area contributed by atoms with Crippen LogP contribution < -0.4 is 0 Å². The Bertz CT molecular complexity index is 381. The average molecular weight is 219 g/mol. The van der Waals surface area contributed by atoms with Crippen molar-refractivity contribution in [2.75, 3.05) is 13.2 Å². The third-order valence-electron chi connectivity index (χ3n) is 2.85. The lowest BCUT2D eigenvalue weighted by Gasteiger charge is -2.07. The molecule has 0 radical (unpaired) electrons.